The van der Waals surface area contributed by atoms with Crippen molar-refractivity contribution in [1.82, 2.24) is 4.90 Å². The van der Waals surface area contributed by atoms with Crippen LogP contribution < -0.4 is 5.73 Å². The van der Waals surface area contributed by atoms with Crippen molar-refractivity contribution in [3.63, 3.8) is 0 Å². The smallest absolute Gasteiger partial charge is 0.325 e. The molecule has 114 valence electrons. The Morgan fingerprint density at radius 3 is 2.30 bits per heavy atom. The molecule has 0 heterocycles. The highest BCUT2D eigenvalue weighted by molar-refractivity contribution is 7.80. The van der Waals surface area contributed by atoms with E-state index in [9.17, 15) is 9.59 Å². The molecular formula is C14H24N2O3S. The van der Waals surface area contributed by atoms with Crippen LogP contribution in [0.2, 0.25) is 0 Å². The number of nitrogens with zero attached hydrogens (tertiary/aromatic N) is 1. The number of amides is 1. The zero-order valence-electron chi connectivity index (χ0n) is 12.5. The first-order valence-corrected chi connectivity index (χ1v) is 7.52. The van der Waals surface area contributed by atoms with Crippen LogP contribution >= 0.6 is 12.2 Å². The summed E-state index contributed by atoms with van der Waals surface area (Å²) >= 11 is 5.13. The largest absolute Gasteiger partial charge is 0.465 e. The van der Waals surface area contributed by atoms with E-state index < -0.39 is 11.4 Å². The maximum atomic E-state index is 12.8. The zero-order valence-corrected chi connectivity index (χ0v) is 13.3. The van der Waals surface area contributed by atoms with Crippen molar-refractivity contribution in [2.45, 2.75) is 52.5 Å². The SMILES string of the molecule is CCOC(=O)CN(C(=O)C1(C(N)=S)CCCC1)C(C)C. The lowest BCUT2D eigenvalue weighted by Gasteiger charge is -2.35. The van der Waals surface area contributed by atoms with Crippen molar-refractivity contribution in [1.29, 1.82) is 0 Å². The number of carbonyl (C=O) groups excluding carboxylic acids is 2. The average Bonchev–Trinajstić information content (AvgIpc) is 2.85. The van der Waals surface area contributed by atoms with Gasteiger partial charge in [-0.3, -0.25) is 9.59 Å². The third-order valence-corrected chi connectivity index (χ3v) is 4.22. The van der Waals surface area contributed by atoms with Gasteiger partial charge in [0.15, 0.2) is 0 Å². The first kappa shape index (κ1) is 16.9. The Balaban J connectivity index is 2.93. The Morgan fingerprint density at radius 1 is 1.35 bits per heavy atom. The number of nitrogens with two attached hydrogens (primary N) is 1. The Labute approximate surface area is 125 Å². The first-order chi connectivity index (χ1) is 9.35. The van der Waals surface area contributed by atoms with Gasteiger partial charge in [0.25, 0.3) is 0 Å². The predicted octanol–water partition coefficient (Wildman–Crippen LogP) is 1.63. The van der Waals surface area contributed by atoms with Crippen LogP contribution in [0, 0.1) is 5.41 Å². The number of hydrogen-bond acceptors (Lipinski definition) is 4. The van der Waals surface area contributed by atoms with Gasteiger partial charge < -0.3 is 15.4 Å². The van der Waals surface area contributed by atoms with E-state index in [1.807, 2.05) is 13.8 Å². The van der Waals surface area contributed by atoms with Gasteiger partial charge in [0.2, 0.25) is 5.91 Å². The molecule has 1 aliphatic rings. The van der Waals surface area contributed by atoms with Crippen LogP contribution in [0.25, 0.3) is 0 Å². The maximum absolute atomic E-state index is 12.8. The van der Waals surface area contributed by atoms with Gasteiger partial charge in [0, 0.05) is 6.04 Å². The van der Waals surface area contributed by atoms with Crippen molar-refractivity contribution in [3.8, 4) is 0 Å². The fraction of sp³-hybridized carbons (Fsp3) is 0.786. The maximum Gasteiger partial charge on any atom is 0.325 e. The van der Waals surface area contributed by atoms with Gasteiger partial charge in [-0.05, 0) is 33.6 Å². The minimum Gasteiger partial charge on any atom is -0.465 e. The molecule has 20 heavy (non-hydrogen) atoms. The Bertz CT molecular complexity index is 390. The number of carbonyl (C=O) groups is 2. The third-order valence-electron chi connectivity index (χ3n) is 3.83. The monoisotopic (exact) mass is 300 g/mol. The first-order valence-electron chi connectivity index (χ1n) is 7.11. The van der Waals surface area contributed by atoms with Gasteiger partial charge in [-0.2, -0.15) is 0 Å². The van der Waals surface area contributed by atoms with Crippen molar-refractivity contribution in [3.05, 3.63) is 0 Å². The Morgan fingerprint density at radius 2 is 1.90 bits per heavy atom. The number of ether oxygens (including phenoxy) is 1. The molecule has 1 fully saturated rings. The molecule has 0 saturated heterocycles. The van der Waals surface area contributed by atoms with E-state index in [-0.39, 0.29) is 23.5 Å². The molecule has 0 radical (unpaired) electrons. The van der Waals surface area contributed by atoms with Crippen LogP contribution in [-0.4, -0.2) is 41.0 Å². The van der Waals surface area contributed by atoms with E-state index in [1.54, 1.807) is 6.92 Å². The van der Waals surface area contributed by atoms with Crippen LogP contribution in [0.15, 0.2) is 0 Å². The van der Waals surface area contributed by atoms with Gasteiger partial charge in [0.05, 0.1) is 17.0 Å². The number of hydrogen-bond donors (Lipinski definition) is 1. The second-order valence-corrected chi connectivity index (χ2v) is 5.93. The summed E-state index contributed by atoms with van der Waals surface area (Å²) in [6.45, 7) is 5.75. The summed E-state index contributed by atoms with van der Waals surface area (Å²) in [7, 11) is 0. The molecule has 0 aromatic carbocycles. The van der Waals surface area contributed by atoms with E-state index in [4.69, 9.17) is 22.7 Å². The highest BCUT2D eigenvalue weighted by Gasteiger charge is 2.47. The second-order valence-electron chi connectivity index (χ2n) is 5.49. The van der Waals surface area contributed by atoms with Gasteiger partial charge >= 0.3 is 5.97 Å². The molecule has 0 atom stereocenters. The molecule has 0 aromatic heterocycles. The number of thiocarbonyl (C=S) groups is 1. The molecule has 2 N–H and O–H groups in total. The Kier molecular flexibility index (Phi) is 5.92. The summed E-state index contributed by atoms with van der Waals surface area (Å²) < 4.78 is 4.93. The van der Waals surface area contributed by atoms with Crippen LogP contribution in [0.5, 0.6) is 0 Å². The average molecular weight is 300 g/mol. The van der Waals surface area contributed by atoms with E-state index in [0.717, 1.165) is 12.8 Å². The topological polar surface area (TPSA) is 72.6 Å². The second kappa shape index (κ2) is 7.02. The summed E-state index contributed by atoms with van der Waals surface area (Å²) in [5.74, 6) is -0.531. The fourth-order valence-electron chi connectivity index (χ4n) is 2.65. The highest BCUT2D eigenvalue weighted by atomic mass is 32.1. The third kappa shape index (κ3) is 3.48. The van der Waals surface area contributed by atoms with Crippen LogP contribution in [0.3, 0.4) is 0 Å². The quantitative estimate of drug-likeness (QED) is 0.596. The normalized spacial score (nSPS) is 17.0. The minimum absolute atomic E-state index is 0.0469. The molecule has 5 nitrogen and oxygen atoms in total. The molecule has 1 aliphatic carbocycles. The lowest BCUT2D eigenvalue weighted by Crippen LogP contribution is -2.53. The number of rotatable bonds is 6. The molecule has 0 spiro atoms. The van der Waals surface area contributed by atoms with Gasteiger partial charge in [0.1, 0.15) is 6.54 Å². The van der Waals surface area contributed by atoms with Gasteiger partial charge in [-0.1, -0.05) is 25.1 Å². The molecular weight excluding hydrogens is 276 g/mol. The van der Waals surface area contributed by atoms with Crippen molar-refractivity contribution in [2.24, 2.45) is 11.1 Å². The molecule has 1 rings (SSSR count). The van der Waals surface area contributed by atoms with Gasteiger partial charge in [-0.25, -0.2) is 0 Å². The molecule has 1 amide bonds. The van der Waals surface area contributed by atoms with E-state index in [1.165, 1.54) is 4.90 Å². The highest BCUT2D eigenvalue weighted by Crippen LogP contribution is 2.40. The lowest BCUT2D eigenvalue weighted by molar-refractivity contribution is -0.152. The predicted molar refractivity (Wildman–Crippen MR) is 81.2 cm³/mol. The molecule has 0 bridgehead atoms. The van der Waals surface area contributed by atoms with Crippen LogP contribution in [0.1, 0.15) is 46.5 Å². The van der Waals surface area contributed by atoms with E-state index >= 15 is 0 Å². The summed E-state index contributed by atoms with van der Waals surface area (Å²) in [4.78, 5) is 26.3. The molecule has 1 saturated carbocycles. The van der Waals surface area contributed by atoms with Crippen molar-refractivity contribution < 1.29 is 14.3 Å². The molecule has 0 unspecified atom stereocenters. The summed E-state index contributed by atoms with van der Waals surface area (Å²) in [6.07, 6.45) is 3.23. The van der Waals surface area contributed by atoms with Crippen molar-refractivity contribution in [2.75, 3.05) is 13.2 Å². The van der Waals surface area contributed by atoms with Crippen LogP contribution in [0.4, 0.5) is 0 Å². The van der Waals surface area contributed by atoms with Crippen molar-refractivity contribution >= 4 is 29.1 Å². The lowest BCUT2D eigenvalue weighted by atomic mass is 9.84. The van der Waals surface area contributed by atoms with Crippen LogP contribution in [-0.2, 0) is 14.3 Å². The van der Waals surface area contributed by atoms with Gasteiger partial charge in [-0.15, -0.1) is 0 Å². The van der Waals surface area contributed by atoms with E-state index in [2.05, 4.69) is 0 Å². The fourth-order valence-corrected chi connectivity index (χ4v) is 2.95. The molecule has 0 aromatic rings. The summed E-state index contributed by atoms with van der Waals surface area (Å²) in [5.41, 5.74) is 5.06. The minimum atomic E-state index is -0.772. The summed E-state index contributed by atoms with van der Waals surface area (Å²) in [6, 6.07) is -0.0984. The number of esters is 1. The Hall–Kier alpha value is -1.17. The molecule has 0 aliphatic heterocycles. The summed E-state index contributed by atoms with van der Waals surface area (Å²) in [5, 5.41) is 0. The molecule has 6 heteroatoms. The zero-order chi connectivity index (χ0) is 15.3. The standard InChI is InChI=1S/C14H24N2O3S/c1-4-19-11(17)9-16(10(2)3)13(18)14(12(15)20)7-5-6-8-14/h10H,4-9H2,1-3H3,(H2,15,20). The van der Waals surface area contributed by atoms with E-state index in [0.29, 0.717) is 19.4 Å².